The van der Waals surface area contributed by atoms with Crippen molar-refractivity contribution in [3.8, 4) is 5.75 Å². The van der Waals surface area contributed by atoms with E-state index in [0.29, 0.717) is 18.8 Å². The van der Waals surface area contributed by atoms with E-state index in [1.54, 1.807) is 6.07 Å². The Morgan fingerprint density at radius 2 is 1.95 bits per heavy atom. The first kappa shape index (κ1) is 15.5. The SMILES string of the molecule is CCCCCCCOCc1ccc(C(=O)O)cc1O. The van der Waals surface area contributed by atoms with Gasteiger partial charge in [-0.05, 0) is 18.6 Å². The molecule has 1 aromatic carbocycles. The number of carboxylic acid groups (broad SMARTS) is 1. The number of phenols is 1. The summed E-state index contributed by atoms with van der Waals surface area (Å²) in [6, 6.07) is 4.32. The van der Waals surface area contributed by atoms with Crippen LogP contribution in [-0.2, 0) is 11.3 Å². The smallest absolute Gasteiger partial charge is 0.335 e. The van der Waals surface area contributed by atoms with E-state index in [0.717, 1.165) is 12.8 Å². The Labute approximate surface area is 114 Å². The zero-order valence-electron chi connectivity index (χ0n) is 11.4. The first-order chi connectivity index (χ1) is 9.15. The Balaban J connectivity index is 2.28. The molecule has 0 spiro atoms. The summed E-state index contributed by atoms with van der Waals surface area (Å²) in [6.45, 7) is 3.17. The van der Waals surface area contributed by atoms with Gasteiger partial charge in [-0.15, -0.1) is 0 Å². The second-order valence-electron chi connectivity index (χ2n) is 4.62. The highest BCUT2D eigenvalue weighted by Gasteiger charge is 2.07. The molecule has 2 N–H and O–H groups in total. The van der Waals surface area contributed by atoms with Gasteiger partial charge in [0.25, 0.3) is 0 Å². The number of hydrogen-bond donors (Lipinski definition) is 2. The van der Waals surface area contributed by atoms with Gasteiger partial charge in [0.05, 0.1) is 12.2 Å². The Morgan fingerprint density at radius 1 is 1.21 bits per heavy atom. The zero-order valence-corrected chi connectivity index (χ0v) is 11.4. The van der Waals surface area contributed by atoms with Gasteiger partial charge >= 0.3 is 5.97 Å². The molecule has 0 bridgehead atoms. The number of aromatic hydroxyl groups is 1. The third-order valence-corrected chi connectivity index (χ3v) is 2.98. The summed E-state index contributed by atoms with van der Waals surface area (Å²) in [5.74, 6) is -1.07. The fourth-order valence-corrected chi connectivity index (χ4v) is 1.81. The Kier molecular flexibility index (Phi) is 6.97. The van der Waals surface area contributed by atoms with Gasteiger partial charge in [-0.25, -0.2) is 4.79 Å². The van der Waals surface area contributed by atoms with Crippen LogP contribution in [0.15, 0.2) is 18.2 Å². The summed E-state index contributed by atoms with van der Waals surface area (Å²) in [5.41, 5.74) is 0.708. The topological polar surface area (TPSA) is 66.8 Å². The molecular formula is C15H22O4. The highest BCUT2D eigenvalue weighted by Crippen LogP contribution is 2.20. The molecule has 0 saturated carbocycles. The number of aromatic carboxylic acids is 1. The Bertz CT molecular complexity index is 401. The van der Waals surface area contributed by atoms with Crippen molar-refractivity contribution >= 4 is 5.97 Å². The first-order valence-corrected chi connectivity index (χ1v) is 6.78. The van der Waals surface area contributed by atoms with Gasteiger partial charge in [0, 0.05) is 12.2 Å². The lowest BCUT2D eigenvalue weighted by molar-refractivity contribution is 0.0696. The number of unbranched alkanes of at least 4 members (excludes halogenated alkanes) is 4. The molecule has 19 heavy (non-hydrogen) atoms. The van der Waals surface area contributed by atoms with Crippen molar-refractivity contribution in [2.75, 3.05) is 6.61 Å². The minimum Gasteiger partial charge on any atom is -0.508 e. The van der Waals surface area contributed by atoms with E-state index in [-0.39, 0.29) is 11.3 Å². The molecule has 1 rings (SSSR count). The van der Waals surface area contributed by atoms with Crippen molar-refractivity contribution in [3.05, 3.63) is 29.3 Å². The fraction of sp³-hybridized carbons (Fsp3) is 0.533. The van der Waals surface area contributed by atoms with Crippen LogP contribution in [0.5, 0.6) is 5.75 Å². The van der Waals surface area contributed by atoms with Gasteiger partial charge in [-0.1, -0.05) is 38.7 Å². The molecule has 0 aliphatic rings. The first-order valence-electron chi connectivity index (χ1n) is 6.78. The molecule has 0 unspecified atom stereocenters. The second kappa shape index (κ2) is 8.53. The molecule has 4 nitrogen and oxygen atoms in total. The highest BCUT2D eigenvalue weighted by molar-refractivity contribution is 5.88. The van der Waals surface area contributed by atoms with Crippen LogP contribution in [0.3, 0.4) is 0 Å². The van der Waals surface area contributed by atoms with Crippen LogP contribution in [0, 0.1) is 0 Å². The number of carboxylic acids is 1. The van der Waals surface area contributed by atoms with E-state index in [1.165, 1.54) is 31.4 Å². The normalized spacial score (nSPS) is 10.6. The second-order valence-corrected chi connectivity index (χ2v) is 4.62. The molecule has 0 aliphatic heterocycles. The molecule has 106 valence electrons. The standard InChI is InChI=1S/C15H22O4/c1-2-3-4-5-6-9-19-11-13-8-7-12(15(17)18)10-14(13)16/h7-8,10,16H,2-6,9,11H2,1H3,(H,17,18). The maximum absolute atomic E-state index is 10.7. The van der Waals surface area contributed by atoms with Crippen LogP contribution in [0.2, 0.25) is 0 Å². The van der Waals surface area contributed by atoms with Gasteiger partial charge in [0.15, 0.2) is 0 Å². The minimum atomic E-state index is -1.04. The maximum atomic E-state index is 10.7. The molecule has 0 aliphatic carbocycles. The van der Waals surface area contributed by atoms with Gasteiger partial charge in [0.1, 0.15) is 5.75 Å². The summed E-state index contributed by atoms with van der Waals surface area (Å²) in [6.07, 6.45) is 5.91. The number of rotatable bonds is 9. The summed E-state index contributed by atoms with van der Waals surface area (Å²) in [4.78, 5) is 10.7. The molecule has 0 aromatic heterocycles. The fourth-order valence-electron chi connectivity index (χ4n) is 1.81. The molecular weight excluding hydrogens is 244 g/mol. The number of carbonyl (C=O) groups is 1. The van der Waals surface area contributed by atoms with E-state index < -0.39 is 5.97 Å². The van der Waals surface area contributed by atoms with Crippen LogP contribution >= 0.6 is 0 Å². The van der Waals surface area contributed by atoms with Crippen molar-refractivity contribution in [2.24, 2.45) is 0 Å². The molecule has 0 radical (unpaired) electrons. The van der Waals surface area contributed by atoms with E-state index in [1.807, 2.05) is 0 Å². The lowest BCUT2D eigenvalue weighted by atomic mass is 10.1. The summed E-state index contributed by atoms with van der Waals surface area (Å²) in [5, 5.41) is 18.4. The predicted octanol–water partition coefficient (Wildman–Crippen LogP) is 3.58. The summed E-state index contributed by atoms with van der Waals surface area (Å²) >= 11 is 0. The van der Waals surface area contributed by atoms with Gasteiger partial charge < -0.3 is 14.9 Å². The number of ether oxygens (including phenoxy) is 1. The van der Waals surface area contributed by atoms with E-state index in [2.05, 4.69) is 6.92 Å². The predicted molar refractivity (Wildman–Crippen MR) is 73.5 cm³/mol. The lowest BCUT2D eigenvalue weighted by Gasteiger charge is -2.07. The van der Waals surface area contributed by atoms with Crippen LogP contribution in [0.4, 0.5) is 0 Å². The Hall–Kier alpha value is -1.55. The zero-order chi connectivity index (χ0) is 14.1. The highest BCUT2D eigenvalue weighted by atomic mass is 16.5. The van der Waals surface area contributed by atoms with Crippen molar-refractivity contribution in [1.82, 2.24) is 0 Å². The third kappa shape index (κ3) is 5.75. The van der Waals surface area contributed by atoms with E-state index >= 15 is 0 Å². The van der Waals surface area contributed by atoms with Gasteiger partial charge in [0.2, 0.25) is 0 Å². The van der Waals surface area contributed by atoms with Crippen LogP contribution in [0.1, 0.15) is 54.9 Å². The van der Waals surface area contributed by atoms with Crippen LogP contribution in [-0.4, -0.2) is 22.8 Å². The largest absolute Gasteiger partial charge is 0.508 e. The molecule has 0 atom stereocenters. The molecule has 0 saturated heterocycles. The third-order valence-electron chi connectivity index (χ3n) is 2.98. The number of benzene rings is 1. The van der Waals surface area contributed by atoms with Crippen molar-refractivity contribution in [1.29, 1.82) is 0 Å². The van der Waals surface area contributed by atoms with Crippen molar-refractivity contribution in [3.63, 3.8) is 0 Å². The summed E-state index contributed by atoms with van der Waals surface area (Å²) in [7, 11) is 0. The number of phenolic OH excluding ortho intramolecular Hbond substituents is 1. The minimum absolute atomic E-state index is 0.0223. The van der Waals surface area contributed by atoms with Gasteiger partial charge in [-0.2, -0.15) is 0 Å². The maximum Gasteiger partial charge on any atom is 0.335 e. The van der Waals surface area contributed by atoms with E-state index in [9.17, 15) is 9.90 Å². The van der Waals surface area contributed by atoms with Crippen molar-refractivity contribution < 1.29 is 19.7 Å². The molecule has 0 fully saturated rings. The average molecular weight is 266 g/mol. The van der Waals surface area contributed by atoms with E-state index in [4.69, 9.17) is 9.84 Å². The van der Waals surface area contributed by atoms with Crippen molar-refractivity contribution in [2.45, 2.75) is 45.6 Å². The molecule has 0 amide bonds. The van der Waals surface area contributed by atoms with Gasteiger partial charge in [-0.3, -0.25) is 0 Å². The quantitative estimate of drug-likeness (QED) is 0.670. The summed E-state index contributed by atoms with van der Waals surface area (Å²) < 4.78 is 5.47. The molecule has 1 aromatic rings. The Morgan fingerprint density at radius 3 is 2.58 bits per heavy atom. The van der Waals surface area contributed by atoms with Crippen LogP contribution < -0.4 is 0 Å². The lowest BCUT2D eigenvalue weighted by Crippen LogP contribution is -1.99. The monoisotopic (exact) mass is 266 g/mol. The van der Waals surface area contributed by atoms with Crippen LogP contribution in [0.25, 0.3) is 0 Å². The molecule has 4 heteroatoms. The average Bonchev–Trinajstić information content (AvgIpc) is 2.39. The number of hydrogen-bond acceptors (Lipinski definition) is 3. The molecule has 0 heterocycles.